The van der Waals surface area contributed by atoms with Crippen molar-refractivity contribution in [2.45, 2.75) is 19.0 Å². The van der Waals surface area contributed by atoms with E-state index < -0.39 is 21.8 Å². The van der Waals surface area contributed by atoms with E-state index >= 15 is 0 Å². The van der Waals surface area contributed by atoms with E-state index in [1.165, 1.54) is 0 Å². The second-order valence-corrected chi connectivity index (χ2v) is 7.38. The van der Waals surface area contributed by atoms with Crippen molar-refractivity contribution >= 4 is 15.8 Å². The van der Waals surface area contributed by atoms with Gasteiger partial charge >= 0.3 is 5.97 Å². The Labute approximate surface area is 123 Å². The molecule has 0 bridgehead atoms. The predicted octanol–water partition coefficient (Wildman–Crippen LogP) is 0.632. The fourth-order valence-electron chi connectivity index (χ4n) is 2.49. The molecule has 1 saturated heterocycles. The number of carbonyl (C=O) groups is 1. The number of nitrogens with zero attached hydrogens (tertiary/aromatic N) is 2. The Bertz CT molecular complexity index is 678. The van der Waals surface area contributed by atoms with Crippen molar-refractivity contribution in [3.63, 3.8) is 0 Å². The summed E-state index contributed by atoms with van der Waals surface area (Å²) in [5.74, 6) is -1.09. The third-order valence-electron chi connectivity index (χ3n) is 3.50. The van der Waals surface area contributed by atoms with Crippen LogP contribution in [0.15, 0.2) is 24.3 Å². The average molecular weight is 308 g/mol. The molecule has 1 aliphatic heterocycles. The largest absolute Gasteiger partial charge is 0.481 e. The molecule has 21 heavy (non-hydrogen) atoms. The van der Waals surface area contributed by atoms with Gasteiger partial charge in [-0.3, -0.25) is 9.69 Å². The molecule has 0 radical (unpaired) electrons. The standard InChI is InChI=1S/C14H16N2O4S/c15-8-11-2-1-3-12(6-11)9-16-4-5-21(19,20)10-13(16)7-14(17)18/h1-3,6,13H,4-5,7,9-10H2,(H,17,18). The Hall–Kier alpha value is -1.91. The van der Waals surface area contributed by atoms with Crippen LogP contribution in [0.3, 0.4) is 0 Å². The quantitative estimate of drug-likeness (QED) is 0.876. The number of sulfone groups is 1. The van der Waals surface area contributed by atoms with E-state index in [4.69, 9.17) is 10.4 Å². The zero-order valence-electron chi connectivity index (χ0n) is 11.4. The second-order valence-electron chi connectivity index (χ2n) is 5.15. The second kappa shape index (κ2) is 6.24. The highest BCUT2D eigenvalue weighted by Crippen LogP contribution is 2.18. The minimum absolute atomic E-state index is 0.0427. The molecule has 0 spiro atoms. The van der Waals surface area contributed by atoms with E-state index in [0.717, 1.165) is 5.56 Å². The normalized spacial score (nSPS) is 21.6. The van der Waals surface area contributed by atoms with Crippen LogP contribution in [0.2, 0.25) is 0 Å². The number of rotatable bonds is 4. The first-order chi connectivity index (χ1) is 9.89. The topological polar surface area (TPSA) is 98.5 Å². The number of carboxylic acid groups (broad SMARTS) is 1. The molecule has 1 heterocycles. The lowest BCUT2D eigenvalue weighted by atomic mass is 10.1. The van der Waals surface area contributed by atoms with E-state index in [9.17, 15) is 13.2 Å². The minimum Gasteiger partial charge on any atom is -0.481 e. The van der Waals surface area contributed by atoms with Crippen LogP contribution >= 0.6 is 0 Å². The first kappa shape index (κ1) is 15.5. The lowest BCUT2D eigenvalue weighted by molar-refractivity contribution is -0.138. The van der Waals surface area contributed by atoms with E-state index in [0.29, 0.717) is 18.7 Å². The maximum absolute atomic E-state index is 11.7. The van der Waals surface area contributed by atoms with E-state index in [2.05, 4.69) is 6.07 Å². The van der Waals surface area contributed by atoms with Gasteiger partial charge in [0.05, 0.1) is 29.6 Å². The Morgan fingerprint density at radius 3 is 2.90 bits per heavy atom. The molecule has 112 valence electrons. The molecule has 1 unspecified atom stereocenters. The number of nitriles is 1. The van der Waals surface area contributed by atoms with E-state index in [1.807, 2.05) is 11.0 Å². The van der Waals surface area contributed by atoms with E-state index in [-0.39, 0.29) is 17.9 Å². The molecular weight excluding hydrogens is 292 g/mol. The number of carboxylic acids is 1. The van der Waals surface area contributed by atoms with Crippen LogP contribution in [0.4, 0.5) is 0 Å². The summed E-state index contributed by atoms with van der Waals surface area (Å²) in [4.78, 5) is 12.8. The molecule has 0 amide bonds. The maximum atomic E-state index is 11.7. The highest BCUT2D eigenvalue weighted by atomic mass is 32.2. The minimum atomic E-state index is -3.17. The zero-order chi connectivity index (χ0) is 15.5. The van der Waals surface area contributed by atoms with Crippen LogP contribution < -0.4 is 0 Å². The van der Waals surface area contributed by atoms with Crippen LogP contribution in [0.25, 0.3) is 0 Å². The van der Waals surface area contributed by atoms with Crippen LogP contribution in [0.1, 0.15) is 17.5 Å². The third kappa shape index (κ3) is 4.28. The number of benzene rings is 1. The lowest BCUT2D eigenvalue weighted by Gasteiger charge is -2.34. The molecule has 1 fully saturated rings. The molecule has 1 N–H and O–H groups in total. The van der Waals surface area contributed by atoms with Gasteiger partial charge in [-0.2, -0.15) is 5.26 Å². The lowest BCUT2D eigenvalue weighted by Crippen LogP contribution is -2.48. The molecular formula is C14H16N2O4S. The van der Waals surface area contributed by atoms with Crippen LogP contribution in [-0.2, 0) is 21.2 Å². The van der Waals surface area contributed by atoms with Crippen molar-refractivity contribution in [1.29, 1.82) is 5.26 Å². The summed E-state index contributed by atoms with van der Waals surface area (Å²) in [6.45, 7) is 0.764. The first-order valence-corrected chi connectivity index (χ1v) is 8.37. The third-order valence-corrected chi connectivity index (χ3v) is 5.20. The maximum Gasteiger partial charge on any atom is 0.304 e. The highest BCUT2D eigenvalue weighted by Gasteiger charge is 2.32. The van der Waals surface area contributed by atoms with Crippen LogP contribution in [-0.4, -0.2) is 48.5 Å². The fraction of sp³-hybridized carbons (Fsp3) is 0.429. The Kier molecular flexibility index (Phi) is 4.60. The van der Waals surface area contributed by atoms with Crippen molar-refractivity contribution in [3.05, 3.63) is 35.4 Å². The van der Waals surface area contributed by atoms with Gasteiger partial charge < -0.3 is 5.11 Å². The first-order valence-electron chi connectivity index (χ1n) is 6.55. The molecule has 1 aromatic carbocycles. The number of hydrogen-bond donors (Lipinski definition) is 1. The van der Waals surface area contributed by atoms with Crippen molar-refractivity contribution in [2.24, 2.45) is 0 Å². The van der Waals surface area contributed by atoms with Crippen LogP contribution in [0.5, 0.6) is 0 Å². The Balaban J connectivity index is 2.16. The van der Waals surface area contributed by atoms with Gasteiger partial charge in [0.2, 0.25) is 0 Å². The Morgan fingerprint density at radius 1 is 1.48 bits per heavy atom. The van der Waals surface area contributed by atoms with Gasteiger partial charge in [-0.05, 0) is 17.7 Å². The van der Waals surface area contributed by atoms with Gasteiger partial charge in [0.15, 0.2) is 9.84 Å². The van der Waals surface area contributed by atoms with Gasteiger partial charge in [-0.25, -0.2) is 8.42 Å². The van der Waals surface area contributed by atoms with Gasteiger partial charge in [0, 0.05) is 19.1 Å². The summed E-state index contributed by atoms with van der Waals surface area (Å²) in [6.07, 6.45) is -0.197. The molecule has 1 atom stereocenters. The SMILES string of the molecule is N#Cc1cccc(CN2CCS(=O)(=O)CC2CC(=O)O)c1. The summed E-state index contributed by atoms with van der Waals surface area (Å²) >= 11 is 0. The summed E-state index contributed by atoms with van der Waals surface area (Å²) in [5.41, 5.74) is 1.41. The summed E-state index contributed by atoms with van der Waals surface area (Å²) in [5, 5.41) is 17.8. The molecule has 7 heteroatoms. The summed E-state index contributed by atoms with van der Waals surface area (Å²) in [7, 11) is -3.17. The van der Waals surface area contributed by atoms with Crippen molar-refractivity contribution in [2.75, 3.05) is 18.1 Å². The highest BCUT2D eigenvalue weighted by molar-refractivity contribution is 7.91. The molecule has 0 aliphatic carbocycles. The van der Waals surface area contributed by atoms with Crippen molar-refractivity contribution in [1.82, 2.24) is 4.90 Å². The van der Waals surface area contributed by atoms with Gasteiger partial charge in [0.1, 0.15) is 0 Å². The number of hydrogen-bond acceptors (Lipinski definition) is 5. The molecule has 0 saturated carbocycles. The summed E-state index contributed by atoms with van der Waals surface area (Å²) < 4.78 is 23.4. The van der Waals surface area contributed by atoms with Gasteiger partial charge in [-0.15, -0.1) is 0 Å². The smallest absolute Gasteiger partial charge is 0.304 e. The van der Waals surface area contributed by atoms with Crippen molar-refractivity contribution in [3.8, 4) is 6.07 Å². The Morgan fingerprint density at radius 2 is 2.24 bits per heavy atom. The predicted molar refractivity (Wildman–Crippen MR) is 76.3 cm³/mol. The molecule has 1 aromatic rings. The van der Waals surface area contributed by atoms with Crippen molar-refractivity contribution < 1.29 is 18.3 Å². The molecule has 1 aliphatic rings. The van der Waals surface area contributed by atoms with E-state index in [1.54, 1.807) is 18.2 Å². The number of aliphatic carboxylic acids is 1. The van der Waals surface area contributed by atoms with Gasteiger partial charge in [0.25, 0.3) is 0 Å². The van der Waals surface area contributed by atoms with Crippen LogP contribution in [0, 0.1) is 11.3 Å². The average Bonchev–Trinajstić information content (AvgIpc) is 2.41. The fourth-order valence-corrected chi connectivity index (χ4v) is 4.09. The molecule has 2 rings (SSSR count). The molecule has 6 nitrogen and oxygen atoms in total. The van der Waals surface area contributed by atoms with Gasteiger partial charge in [-0.1, -0.05) is 12.1 Å². The summed E-state index contributed by atoms with van der Waals surface area (Å²) in [6, 6.07) is 8.58. The zero-order valence-corrected chi connectivity index (χ0v) is 12.2. The molecule has 0 aromatic heterocycles. The monoisotopic (exact) mass is 308 g/mol.